The number of Topliss-reactive ketones (excluding diaryl/α,β-unsaturated/α-hetero) is 1. The Kier molecular flexibility index (Phi) is 10.0. The zero-order valence-electron chi connectivity index (χ0n) is 24.0. The Hall–Kier alpha value is -3.05. The summed E-state index contributed by atoms with van der Waals surface area (Å²) in [6, 6.07) is 7.23. The summed E-state index contributed by atoms with van der Waals surface area (Å²) in [7, 11) is 4.09. The highest BCUT2D eigenvalue weighted by molar-refractivity contribution is 5.94. The molecule has 4 rings (SSSR count). The van der Waals surface area contributed by atoms with Crippen LogP contribution in [0.3, 0.4) is 0 Å². The number of nitrogens with one attached hydrogen (secondary N) is 1. The molecule has 11 heteroatoms. The third-order valence-electron chi connectivity index (χ3n) is 8.43. The zero-order chi connectivity index (χ0) is 29.7. The van der Waals surface area contributed by atoms with E-state index < -0.39 is 11.7 Å². The van der Waals surface area contributed by atoms with Crippen LogP contribution in [-0.2, 0) is 17.4 Å². The summed E-state index contributed by atoms with van der Waals surface area (Å²) in [5, 5.41) is 12.3. The second kappa shape index (κ2) is 13.3. The molecule has 2 fully saturated rings. The van der Waals surface area contributed by atoms with Gasteiger partial charge in [-0.25, -0.2) is 9.97 Å². The first-order valence-electron chi connectivity index (χ1n) is 14.4. The van der Waals surface area contributed by atoms with Crippen molar-refractivity contribution < 1.29 is 27.9 Å². The summed E-state index contributed by atoms with van der Waals surface area (Å²) in [6.07, 6.45) is 0.299. The lowest BCUT2D eigenvalue weighted by atomic mass is 9.84. The maximum Gasteiger partial charge on any atom is 0.419 e. The van der Waals surface area contributed by atoms with Gasteiger partial charge in [-0.3, -0.25) is 9.59 Å². The number of ketones is 1. The number of anilines is 2. The summed E-state index contributed by atoms with van der Waals surface area (Å²) in [4.78, 5) is 38.0. The van der Waals surface area contributed by atoms with Crippen molar-refractivity contribution in [2.24, 2.45) is 17.8 Å². The third-order valence-corrected chi connectivity index (χ3v) is 8.43. The smallest absolute Gasteiger partial charge is 0.396 e. The average Bonchev–Trinajstić information content (AvgIpc) is 3.41. The monoisotopic (exact) mass is 575 g/mol. The van der Waals surface area contributed by atoms with Gasteiger partial charge in [0.25, 0.3) is 5.91 Å². The van der Waals surface area contributed by atoms with E-state index in [-0.39, 0.29) is 60.5 Å². The summed E-state index contributed by atoms with van der Waals surface area (Å²) in [6.45, 7) is 3.06. The summed E-state index contributed by atoms with van der Waals surface area (Å²) in [5.41, 5.74) is 0.0533. The molecule has 1 saturated carbocycles. The minimum atomic E-state index is -4.62. The summed E-state index contributed by atoms with van der Waals surface area (Å²) >= 11 is 0. The molecule has 2 aromatic rings. The van der Waals surface area contributed by atoms with Gasteiger partial charge in [0.15, 0.2) is 0 Å². The van der Waals surface area contributed by atoms with E-state index in [4.69, 9.17) is 0 Å². The predicted octanol–water partition coefficient (Wildman–Crippen LogP) is 4.95. The van der Waals surface area contributed by atoms with Crippen molar-refractivity contribution in [2.45, 2.75) is 64.1 Å². The van der Waals surface area contributed by atoms with E-state index in [0.29, 0.717) is 43.2 Å². The molecule has 0 bridgehead atoms. The minimum Gasteiger partial charge on any atom is -0.396 e. The zero-order valence-corrected chi connectivity index (χ0v) is 24.0. The number of aromatic nitrogens is 2. The molecule has 3 atom stereocenters. The second-order valence-electron chi connectivity index (χ2n) is 11.7. The second-order valence-corrected chi connectivity index (χ2v) is 11.7. The van der Waals surface area contributed by atoms with Crippen LogP contribution in [0.15, 0.2) is 30.5 Å². The Labute approximate surface area is 239 Å². The summed E-state index contributed by atoms with van der Waals surface area (Å²) in [5.74, 6) is -0.794. The van der Waals surface area contributed by atoms with Gasteiger partial charge in [-0.2, -0.15) is 13.2 Å². The molecule has 1 aromatic heterocycles. The van der Waals surface area contributed by atoms with Crippen LogP contribution in [0.2, 0.25) is 0 Å². The Balaban J connectivity index is 1.45. The number of amides is 1. The van der Waals surface area contributed by atoms with E-state index >= 15 is 0 Å². The van der Waals surface area contributed by atoms with Crippen molar-refractivity contribution in [3.05, 3.63) is 47.3 Å². The van der Waals surface area contributed by atoms with Crippen molar-refractivity contribution in [2.75, 3.05) is 39.1 Å². The van der Waals surface area contributed by atoms with E-state index in [9.17, 15) is 27.9 Å². The van der Waals surface area contributed by atoms with Crippen LogP contribution in [0.1, 0.15) is 67.1 Å². The van der Waals surface area contributed by atoms with Crippen LogP contribution in [0.4, 0.5) is 24.8 Å². The number of likely N-dealkylation sites (tertiary alicyclic amines) is 1. The number of carbonyl (C=O) groups excluding carboxylic acids is 2. The van der Waals surface area contributed by atoms with Gasteiger partial charge in [-0.05, 0) is 82.3 Å². The number of halogens is 3. The Morgan fingerprint density at radius 3 is 2.41 bits per heavy atom. The number of aliphatic hydroxyl groups excluding tert-OH is 1. The molecule has 2 N–H and O–H groups in total. The number of piperidine rings is 1. The highest BCUT2D eigenvalue weighted by atomic mass is 19.4. The largest absolute Gasteiger partial charge is 0.419 e. The molecule has 1 aliphatic heterocycles. The SMILES string of the molecule is C[C@H](CO)CC(=O)[C@H]1CCC[C@H]1Cc1nc(Nc2ccc(C(=O)N3CCC(N(C)C)CC3)cc2)ncc1C(F)(F)F. The number of aliphatic hydroxyl groups is 1. The summed E-state index contributed by atoms with van der Waals surface area (Å²) < 4.78 is 41.6. The van der Waals surface area contributed by atoms with Gasteiger partial charge in [-0.1, -0.05) is 13.3 Å². The fourth-order valence-electron chi connectivity index (χ4n) is 5.98. The Morgan fingerprint density at radius 2 is 1.80 bits per heavy atom. The molecular formula is C30H40F3N5O3. The van der Waals surface area contributed by atoms with E-state index in [1.54, 1.807) is 31.2 Å². The fraction of sp³-hybridized carbons (Fsp3) is 0.600. The minimum absolute atomic E-state index is 0.00767. The van der Waals surface area contributed by atoms with E-state index in [2.05, 4.69) is 20.2 Å². The number of rotatable bonds is 10. The maximum absolute atomic E-state index is 13.9. The first-order valence-corrected chi connectivity index (χ1v) is 14.4. The lowest BCUT2D eigenvalue weighted by Crippen LogP contribution is -2.44. The lowest BCUT2D eigenvalue weighted by molar-refractivity contribution is -0.138. The topological polar surface area (TPSA) is 98.7 Å². The highest BCUT2D eigenvalue weighted by Crippen LogP contribution is 2.39. The lowest BCUT2D eigenvalue weighted by Gasteiger charge is -2.35. The van der Waals surface area contributed by atoms with E-state index in [1.807, 2.05) is 19.0 Å². The van der Waals surface area contributed by atoms with Crippen molar-refractivity contribution >= 4 is 23.3 Å². The molecule has 224 valence electrons. The fourth-order valence-corrected chi connectivity index (χ4v) is 5.98. The van der Waals surface area contributed by atoms with E-state index in [1.165, 1.54) is 0 Å². The number of hydrogen-bond donors (Lipinski definition) is 2. The maximum atomic E-state index is 13.9. The first kappa shape index (κ1) is 30.9. The molecular weight excluding hydrogens is 535 g/mol. The van der Waals surface area contributed by atoms with Crippen LogP contribution < -0.4 is 5.32 Å². The third kappa shape index (κ3) is 7.82. The number of benzene rings is 1. The van der Waals surface area contributed by atoms with Crippen LogP contribution in [0, 0.1) is 17.8 Å². The Bertz CT molecular complexity index is 1200. The molecule has 41 heavy (non-hydrogen) atoms. The van der Waals surface area contributed by atoms with Crippen LogP contribution in [0.25, 0.3) is 0 Å². The van der Waals surface area contributed by atoms with Crippen molar-refractivity contribution in [3.8, 4) is 0 Å². The molecule has 0 unspecified atom stereocenters. The van der Waals surface area contributed by atoms with Gasteiger partial charge in [0.1, 0.15) is 5.78 Å². The number of nitrogens with zero attached hydrogens (tertiary/aromatic N) is 4. The molecule has 1 amide bonds. The van der Waals surface area contributed by atoms with Crippen molar-refractivity contribution in [1.29, 1.82) is 0 Å². The highest BCUT2D eigenvalue weighted by Gasteiger charge is 2.39. The molecule has 8 nitrogen and oxygen atoms in total. The van der Waals surface area contributed by atoms with Crippen LogP contribution in [-0.4, -0.2) is 76.4 Å². The van der Waals surface area contributed by atoms with Crippen LogP contribution in [0.5, 0.6) is 0 Å². The van der Waals surface area contributed by atoms with E-state index in [0.717, 1.165) is 25.5 Å². The molecule has 0 spiro atoms. The number of alkyl halides is 3. The number of carbonyl (C=O) groups is 2. The van der Waals surface area contributed by atoms with Gasteiger partial charge in [0.05, 0.1) is 11.3 Å². The number of hydrogen-bond acceptors (Lipinski definition) is 7. The molecule has 0 radical (unpaired) electrons. The quantitative estimate of drug-likeness (QED) is 0.414. The predicted molar refractivity (Wildman–Crippen MR) is 150 cm³/mol. The van der Waals surface area contributed by atoms with Crippen LogP contribution >= 0.6 is 0 Å². The molecule has 1 aromatic carbocycles. The molecule has 1 saturated heterocycles. The first-order chi connectivity index (χ1) is 19.5. The van der Waals surface area contributed by atoms with Gasteiger partial charge < -0.3 is 20.2 Å². The molecule has 1 aliphatic carbocycles. The van der Waals surface area contributed by atoms with Gasteiger partial charge in [0.2, 0.25) is 5.95 Å². The van der Waals surface area contributed by atoms with Crippen molar-refractivity contribution in [3.63, 3.8) is 0 Å². The van der Waals surface area contributed by atoms with Crippen molar-refractivity contribution in [1.82, 2.24) is 19.8 Å². The normalized spacial score (nSPS) is 20.8. The average molecular weight is 576 g/mol. The Morgan fingerprint density at radius 1 is 1.12 bits per heavy atom. The molecule has 2 aliphatic rings. The van der Waals surface area contributed by atoms with Gasteiger partial charge in [0, 0.05) is 55.5 Å². The van der Waals surface area contributed by atoms with Gasteiger partial charge in [-0.15, -0.1) is 0 Å². The van der Waals surface area contributed by atoms with Gasteiger partial charge >= 0.3 is 6.18 Å². The molecule has 2 heterocycles. The standard InChI is InChI=1S/C30H40F3N5O3/c1-19(18-39)15-27(40)24-6-4-5-21(24)16-26-25(30(31,32)33)17-34-29(36-26)35-22-9-7-20(8-10-22)28(41)38-13-11-23(12-14-38)37(2)3/h7-10,17,19,21,23-24,39H,4-6,11-16,18H2,1-3H3,(H,34,35,36)/t19-,21-,24-/m0/s1.